The topological polar surface area (TPSA) is 21.3 Å². The van der Waals surface area contributed by atoms with Crippen molar-refractivity contribution in [2.45, 2.75) is 51.6 Å². The van der Waals surface area contributed by atoms with Crippen molar-refractivity contribution >= 4 is 0 Å². The van der Waals surface area contributed by atoms with E-state index in [-0.39, 0.29) is 0 Å². The van der Waals surface area contributed by atoms with E-state index < -0.39 is 0 Å². The van der Waals surface area contributed by atoms with Gasteiger partial charge in [0.25, 0.3) is 0 Å². The largest absolute Gasteiger partial charge is 0.497 e. The fraction of sp³-hybridized carbons (Fsp3) is 0.625. The Balaban J connectivity index is 1.95. The van der Waals surface area contributed by atoms with E-state index in [1.54, 1.807) is 7.11 Å². The van der Waals surface area contributed by atoms with Crippen molar-refractivity contribution in [1.29, 1.82) is 0 Å². The highest BCUT2D eigenvalue weighted by molar-refractivity contribution is 5.30. The molecule has 0 radical (unpaired) electrons. The summed E-state index contributed by atoms with van der Waals surface area (Å²) in [5.41, 5.74) is 1.31. The van der Waals surface area contributed by atoms with Crippen molar-refractivity contribution < 1.29 is 4.74 Å². The van der Waals surface area contributed by atoms with Crippen LogP contribution >= 0.6 is 0 Å². The zero-order valence-electron chi connectivity index (χ0n) is 11.8. The van der Waals surface area contributed by atoms with Crippen LogP contribution in [0, 0.1) is 5.92 Å². The summed E-state index contributed by atoms with van der Waals surface area (Å²) in [7, 11) is 1.72. The van der Waals surface area contributed by atoms with E-state index in [9.17, 15) is 0 Å². The van der Waals surface area contributed by atoms with Gasteiger partial charge in [-0.3, -0.25) is 0 Å². The maximum absolute atomic E-state index is 5.28. The molecule has 100 valence electrons. The van der Waals surface area contributed by atoms with Crippen LogP contribution in [0.25, 0.3) is 0 Å². The standard InChI is InChI=1S/C16H25NO/c1-12-6-4-8-15(10-12)17-13(2)14-7-5-9-16(11-14)18-3/h5,7,9,11-13,15,17H,4,6,8,10H2,1-3H3. The van der Waals surface area contributed by atoms with E-state index in [2.05, 4.69) is 37.4 Å². The maximum Gasteiger partial charge on any atom is 0.119 e. The Labute approximate surface area is 111 Å². The third-order valence-electron chi connectivity index (χ3n) is 4.02. The lowest BCUT2D eigenvalue weighted by molar-refractivity contribution is 0.285. The van der Waals surface area contributed by atoms with E-state index in [0.29, 0.717) is 12.1 Å². The molecule has 1 saturated carbocycles. The zero-order valence-corrected chi connectivity index (χ0v) is 11.8. The van der Waals surface area contributed by atoms with E-state index in [4.69, 9.17) is 4.74 Å². The molecule has 3 atom stereocenters. The molecule has 2 heteroatoms. The smallest absolute Gasteiger partial charge is 0.119 e. The first kappa shape index (κ1) is 13.4. The fourth-order valence-electron chi connectivity index (χ4n) is 2.95. The minimum atomic E-state index is 0.399. The molecule has 3 unspecified atom stereocenters. The van der Waals surface area contributed by atoms with Gasteiger partial charge in [-0.2, -0.15) is 0 Å². The van der Waals surface area contributed by atoms with Gasteiger partial charge in [-0.15, -0.1) is 0 Å². The highest BCUT2D eigenvalue weighted by Gasteiger charge is 2.20. The second kappa shape index (κ2) is 6.24. The minimum absolute atomic E-state index is 0.399. The highest BCUT2D eigenvalue weighted by atomic mass is 16.5. The third-order valence-corrected chi connectivity index (χ3v) is 4.02. The Morgan fingerprint density at radius 1 is 1.33 bits per heavy atom. The molecule has 0 amide bonds. The Hall–Kier alpha value is -1.02. The molecule has 1 aliphatic carbocycles. The van der Waals surface area contributed by atoms with Gasteiger partial charge in [-0.1, -0.05) is 31.9 Å². The van der Waals surface area contributed by atoms with Crippen LogP contribution in [0.3, 0.4) is 0 Å². The van der Waals surface area contributed by atoms with Crippen molar-refractivity contribution in [3.05, 3.63) is 29.8 Å². The molecule has 1 fully saturated rings. The lowest BCUT2D eigenvalue weighted by Gasteiger charge is -2.30. The molecule has 1 aromatic rings. The Morgan fingerprint density at radius 2 is 2.17 bits per heavy atom. The van der Waals surface area contributed by atoms with Crippen LogP contribution in [0.2, 0.25) is 0 Å². The number of hydrogen-bond donors (Lipinski definition) is 1. The van der Waals surface area contributed by atoms with E-state index >= 15 is 0 Å². The monoisotopic (exact) mass is 247 g/mol. The number of rotatable bonds is 4. The summed E-state index contributed by atoms with van der Waals surface area (Å²) in [6.07, 6.45) is 5.39. The van der Waals surface area contributed by atoms with Gasteiger partial charge in [0.2, 0.25) is 0 Å². The predicted molar refractivity (Wildman–Crippen MR) is 76.0 cm³/mol. The van der Waals surface area contributed by atoms with Gasteiger partial charge < -0.3 is 10.1 Å². The van der Waals surface area contributed by atoms with Gasteiger partial charge in [0, 0.05) is 12.1 Å². The number of methoxy groups -OCH3 is 1. The first-order valence-electron chi connectivity index (χ1n) is 7.09. The van der Waals surface area contributed by atoms with Crippen LogP contribution in [-0.2, 0) is 0 Å². The lowest BCUT2D eigenvalue weighted by atomic mass is 9.86. The summed E-state index contributed by atoms with van der Waals surface area (Å²) < 4.78 is 5.28. The van der Waals surface area contributed by atoms with Crippen LogP contribution in [0.4, 0.5) is 0 Å². The molecule has 0 spiro atoms. The molecular weight excluding hydrogens is 222 g/mol. The molecule has 0 heterocycles. The Bertz CT molecular complexity index is 377. The molecule has 1 N–H and O–H groups in total. The number of ether oxygens (including phenoxy) is 1. The molecule has 0 bridgehead atoms. The summed E-state index contributed by atoms with van der Waals surface area (Å²) in [6.45, 7) is 4.61. The summed E-state index contributed by atoms with van der Waals surface area (Å²) in [5, 5.41) is 3.76. The molecule has 0 saturated heterocycles. The minimum Gasteiger partial charge on any atom is -0.497 e. The van der Waals surface area contributed by atoms with Crippen LogP contribution in [-0.4, -0.2) is 13.2 Å². The normalized spacial score (nSPS) is 25.7. The molecule has 18 heavy (non-hydrogen) atoms. The SMILES string of the molecule is COc1cccc(C(C)NC2CCCC(C)C2)c1. The first-order valence-corrected chi connectivity index (χ1v) is 7.09. The van der Waals surface area contributed by atoms with Gasteiger partial charge >= 0.3 is 0 Å². The second-order valence-corrected chi connectivity index (χ2v) is 5.63. The van der Waals surface area contributed by atoms with E-state index in [0.717, 1.165) is 11.7 Å². The first-order chi connectivity index (χ1) is 8.69. The molecule has 1 aromatic carbocycles. The fourth-order valence-corrected chi connectivity index (χ4v) is 2.95. The lowest BCUT2D eigenvalue weighted by Crippen LogP contribution is -2.35. The van der Waals surface area contributed by atoms with Crippen LogP contribution in [0.1, 0.15) is 51.1 Å². The molecule has 0 aliphatic heterocycles. The average Bonchev–Trinajstić information content (AvgIpc) is 2.39. The molecule has 2 rings (SSSR count). The van der Waals surface area contributed by atoms with Crippen LogP contribution < -0.4 is 10.1 Å². The molecule has 1 aliphatic rings. The summed E-state index contributed by atoms with van der Waals surface area (Å²) in [6, 6.07) is 9.44. The number of hydrogen-bond acceptors (Lipinski definition) is 2. The summed E-state index contributed by atoms with van der Waals surface area (Å²) in [5.74, 6) is 1.81. The quantitative estimate of drug-likeness (QED) is 0.870. The van der Waals surface area contributed by atoms with Crippen molar-refractivity contribution in [2.24, 2.45) is 5.92 Å². The van der Waals surface area contributed by atoms with Gasteiger partial charge in [0.05, 0.1) is 7.11 Å². The second-order valence-electron chi connectivity index (χ2n) is 5.63. The van der Waals surface area contributed by atoms with Crippen molar-refractivity contribution in [2.75, 3.05) is 7.11 Å². The van der Waals surface area contributed by atoms with E-state index in [1.807, 2.05) is 6.07 Å². The Kier molecular flexibility index (Phi) is 4.65. The molecule has 2 nitrogen and oxygen atoms in total. The van der Waals surface area contributed by atoms with Gasteiger partial charge in [0.15, 0.2) is 0 Å². The van der Waals surface area contributed by atoms with Crippen molar-refractivity contribution in [3.8, 4) is 5.75 Å². The third kappa shape index (κ3) is 3.49. The number of benzene rings is 1. The van der Waals surface area contributed by atoms with Gasteiger partial charge in [-0.25, -0.2) is 0 Å². The van der Waals surface area contributed by atoms with Gasteiger partial charge in [0.1, 0.15) is 5.75 Å². The van der Waals surface area contributed by atoms with E-state index in [1.165, 1.54) is 31.2 Å². The van der Waals surface area contributed by atoms with Crippen molar-refractivity contribution in [3.63, 3.8) is 0 Å². The number of nitrogens with one attached hydrogen (secondary N) is 1. The van der Waals surface area contributed by atoms with Crippen molar-refractivity contribution in [1.82, 2.24) is 5.32 Å². The average molecular weight is 247 g/mol. The maximum atomic E-state index is 5.28. The highest BCUT2D eigenvalue weighted by Crippen LogP contribution is 2.26. The summed E-state index contributed by atoms with van der Waals surface area (Å²) >= 11 is 0. The zero-order chi connectivity index (χ0) is 13.0. The van der Waals surface area contributed by atoms with Crippen LogP contribution in [0.5, 0.6) is 5.75 Å². The molecular formula is C16H25NO. The Morgan fingerprint density at radius 3 is 2.89 bits per heavy atom. The van der Waals surface area contributed by atoms with Gasteiger partial charge in [-0.05, 0) is 43.4 Å². The summed E-state index contributed by atoms with van der Waals surface area (Å²) in [4.78, 5) is 0. The van der Waals surface area contributed by atoms with Crippen LogP contribution in [0.15, 0.2) is 24.3 Å². The molecule has 0 aromatic heterocycles. The predicted octanol–water partition coefficient (Wildman–Crippen LogP) is 3.92.